The van der Waals surface area contributed by atoms with Crippen molar-refractivity contribution in [2.45, 2.75) is 161 Å². The molecule has 0 spiro atoms. The van der Waals surface area contributed by atoms with Crippen LogP contribution < -0.4 is 40.8 Å². The molecule has 82 heavy (non-hydrogen) atoms. The number of hydrogen-bond acceptors (Lipinski definition) is 4. The van der Waals surface area contributed by atoms with E-state index in [4.69, 9.17) is 0 Å². The van der Waals surface area contributed by atoms with E-state index in [0.717, 1.165) is 19.3 Å². The second-order valence-corrected chi connectivity index (χ2v) is 29.9. The predicted molar refractivity (Wildman–Crippen MR) is 354 cm³/mol. The average molecular weight is 1090 g/mol. The van der Waals surface area contributed by atoms with Gasteiger partial charge in [-0.1, -0.05) is 198 Å². The molecule has 8 aromatic carbocycles. The van der Waals surface area contributed by atoms with Crippen molar-refractivity contribution in [3.63, 3.8) is 0 Å². The standard InChI is InChI=1S/C77H78BN3S/c1-47-40-66-71-67(41-47)80(63-29-23-31-69-70(63)52-26-17-20-30-68(52)82-69)64-44-51(81-62-37-33-50(73(5,6)7)43-58(62)76(12)38-21-22-39-77(76,81)13)34-35-59(64)78(71)60-45-56-57(75(10,11)55-28-19-18-27-54(55)74(56,8)9)46-65(60)79(66)61-36-32-49(72(2,3)4)42-53(61)48-24-15-14-16-25-48/h14-20,24-28,30-37,40-46H,21-23,29,38-39H2,1-13H3. The zero-order chi connectivity index (χ0) is 56.8. The first-order valence-corrected chi connectivity index (χ1v) is 31.4. The summed E-state index contributed by atoms with van der Waals surface area (Å²) in [5, 5.41) is 2.76. The predicted octanol–water partition coefficient (Wildman–Crippen LogP) is 17.3. The lowest BCUT2D eigenvalue weighted by molar-refractivity contribution is 0.195. The van der Waals surface area contributed by atoms with Crippen LogP contribution in [0.3, 0.4) is 0 Å². The minimum atomic E-state index is -0.242. The van der Waals surface area contributed by atoms with E-state index in [-0.39, 0.29) is 39.3 Å². The van der Waals surface area contributed by atoms with Crippen LogP contribution in [0.5, 0.6) is 0 Å². The van der Waals surface area contributed by atoms with Crippen LogP contribution in [0.4, 0.5) is 39.8 Å². The van der Waals surface area contributed by atoms with E-state index < -0.39 is 0 Å². The van der Waals surface area contributed by atoms with Crippen molar-refractivity contribution in [3.8, 4) is 11.1 Å². The van der Waals surface area contributed by atoms with Crippen LogP contribution in [-0.2, 0) is 27.1 Å². The SMILES string of the molecule is Cc1cc2c3c(c1)N(c1ccc(C(C)(C)C)cc1-c1ccccc1)c1cc4c(cc1B3c1ccc(N3c5ccc(C(C)(C)C)cc5C5(C)CCCCC35C)cc1N2C1=c2c(sc3ccccc23)=CCC1)C(C)(C)c1ccccc1C4(C)C. The topological polar surface area (TPSA) is 9.72 Å². The van der Waals surface area contributed by atoms with Gasteiger partial charge < -0.3 is 14.7 Å². The molecule has 410 valence electrons. The van der Waals surface area contributed by atoms with Crippen molar-refractivity contribution in [1.82, 2.24) is 0 Å². The molecule has 3 aliphatic heterocycles. The lowest BCUT2D eigenvalue weighted by Gasteiger charge is -2.51. The van der Waals surface area contributed by atoms with Crippen molar-refractivity contribution < 1.29 is 0 Å². The Hall–Kier alpha value is -7.08. The molecule has 3 nitrogen and oxygen atoms in total. The summed E-state index contributed by atoms with van der Waals surface area (Å²) in [7, 11) is 0. The van der Waals surface area contributed by atoms with Gasteiger partial charge in [0.2, 0.25) is 0 Å². The Kier molecular flexibility index (Phi) is 11.0. The van der Waals surface area contributed by atoms with Crippen LogP contribution in [0.1, 0.15) is 166 Å². The molecular formula is C77H78BN3S. The molecule has 4 heterocycles. The van der Waals surface area contributed by atoms with Gasteiger partial charge in [-0.3, -0.25) is 0 Å². The monoisotopic (exact) mass is 1090 g/mol. The first-order chi connectivity index (χ1) is 39.1. The molecule has 9 aromatic rings. The highest BCUT2D eigenvalue weighted by Gasteiger charge is 2.58. The molecular weight excluding hydrogens is 1010 g/mol. The van der Waals surface area contributed by atoms with Crippen molar-refractivity contribution in [1.29, 1.82) is 0 Å². The van der Waals surface area contributed by atoms with Crippen molar-refractivity contribution in [3.05, 3.63) is 212 Å². The van der Waals surface area contributed by atoms with E-state index in [2.05, 4.69) is 269 Å². The molecule has 6 aliphatic rings. The lowest BCUT2D eigenvalue weighted by Crippen LogP contribution is -2.62. The van der Waals surface area contributed by atoms with Gasteiger partial charge in [0.1, 0.15) is 0 Å². The third kappa shape index (κ3) is 7.14. The number of thiophene rings is 1. The summed E-state index contributed by atoms with van der Waals surface area (Å²) in [6.45, 7) is 31.6. The quantitative estimate of drug-likeness (QED) is 0.163. The number of aryl methyl sites for hydroxylation is 1. The summed E-state index contributed by atoms with van der Waals surface area (Å²) >= 11 is 1.96. The van der Waals surface area contributed by atoms with Crippen LogP contribution in [-0.4, -0.2) is 12.3 Å². The summed E-state index contributed by atoms with van der Waals surface area (Å²) in [4.78, 5) is 8.35. The Balaban J connectivity index is 1.07. The molecule has 15 rings (SSSR count). The number of rotatable bonds is 4. The molecule has 3 aliphatic carbocycles. The maximum absolute atomic E-state index is 2.83. The molecule has 1 fully saturated rings. The summed E-state index contributed by atoms with van der Waals surface area (Å²) in [5.74, 6) is 0. The van der Waals surface area contributed by atoms with Crippen LogP contribution in [0.2, 0.25) is 0 Å². The Morgan fingerprint density at radius 2 is 1.13 bits per heavy atom. The molecule has 0 N–H and O–H groups in total. The zero-order valence-electron chi connectivity index (χ0n) is 50.7. The number of benzene rings is 8. The average Bonchev–Trinajstić information content (AvgIpc) is 1.41. The van der Waals surface area contributed by atoms with Gasteiger partial charge in [0.05, 0.1) is 11.2 Å². The molecule has 1 saturated carbocycles. The Labute approximate surface area is 492 Å². The van der Waals surface area contributed by atoms with Gasteiger partial charge in [-0.15, -0.1) is 11.3 Å². The Bertz CT molecular complexity index is 4330. The fourth-order valence-corrected chi connectivity index (χ4v) is 17.8. The van der Waals surface area contributed by atoms with Crippen molar-refractivity contribution in [2.24, 2.45) is 0 Å². The van der Waals surface area contributed by atoms with Gasteiger partial charge in [0, 0.05) is 81.5 Å². The molecule has 2 atom stereocenters. The second-order valence-electron chi connectivity index (χ2n) is 28.8. The number of anilines is 7. The summed E-state index contributed by atoms with van der Waals surface area (Å²) in [6, 6.07) is 62.8. The largest absolute Gasteiger partial charge is 0.334 e. The Morgan fingerprint density at radius 3 is 1.85 bits per heavy atom. The lowest BCUT2D eigenvalue weighted by atomic mass is 9.33. The fraction of sp³-hybridized carbons (Fsp3) is 0.325. The molecule has 0 amide bonds. The number of hydrogen-bond donors (Lipinski definition) is 0. The maximum Gasteiger partial charge on any atom is 0.252 e. The van der Waals surface area contributed by atoms with Gasteiger partial charge in [-0.25, -0.2) is 0 Å². The van der Waals surface area contributed by atoms with Gasteiger partial charge in [0.25, 0.3) is 6.71 Å². The highest BCUT2D eigenvalue weighted by atomic mass is 32.1. The summed E-state index contributed by atoms with van der Waals surface area (Å²) in [5.41, 5.74) is 27.8. The minimum Gasteiger partial charge on any atom is -0.334 e. The normalized spacial score (nSPS) is 20.7. The summed E-state index contributed by atoms with van der Waals surface area (Å²) < 4.78 is 2.75. The van der Waals surface area contributed by atoms with E-state index in [1.54, 1.807) is 0 Å². The molecule has 1 aromatic heterocycles. The van der Waals surface area contributed by atoms with E-state index in [9.17, 15) is 0 Å². The molecule has 0 bridgehead atoms. The third-order valence-electron chi connectivity index (χ3n) is 21.3. The number of fused-ring (bicyclic) bond motifs is 12. The van der Waals surface area contributed by atoms with Gasteiger partial charge in [-0.05, 0) is 171 Å². The van der Waals surface area contributed by atoms with E-state index >= 15 is 0 Å². The Morgan fingerprint density at radius 1 is 0.512 bits per heavy atom. The maximum atomic E-state index is 2.83. The van der Waals surface area contributed by atoms with Crippen molar-refractivity contribution >= 4 is 96.1 Å². The molecule has 0 saturated heterocycles. The zero-order valence-corrected chi connectivity index (χ0v) is 51.5. The van der Waals surface area contributed by atoms with Crippen LogP contribution in [0, 0.1) is 6.92 Å². The molecule has 2 unspecified atom stereocenters. The van der Waals surface area contributed by atoms with Gasteiger partial charge in [-0.2, -0.15) is 0 Å². The van der Waals surface area contributed by atoms with E-state index in [0.29, 0.717) is 0 Å². The highest BCUT2D eigenvalue weighted by Crippen LogP contribution is 2.62. The van der Waals surface area contributed by atoms with Gasteiger partial charge >= 0.3 is 0 Å². The third-order valence-corrected chi connectivity index (χ3v) is 22.4. The fourth-order valence-electron chi connectivity index (χ4n) is 16.6. The van der Waals surface area contributed by atoms with E-state index in [1.807, 2.05) is 11.3 Å². The first kappa shape index (κ1) is 51.8. The first-order valence-electron chi connectivity index (χ1n) is 30.6. The van der Waals surface area contributed by atoms with Gasteiger partial charge in [0.15, 0.2) is 0 Å². The summed E-state index contributed by atoms with van der Waals surface area (Å²) in [6.07, 6.45) is 9.31. The minimum absolute atomic E-state index is 0.00222. The smallest absolute Gasteiger partial charge is 0.252 e. The highest BCUT2D eigenvalue weighted by molar-refractivity contribution is 7.17. The van der Waals surface area contributed by atoms with Crippen LogP contribution in [0.25, 0.3) is 33.0 Å². The van der Waals surface area contributed by atoms with Crippen LogP contribution >= 0.6 is 11.3 Å². The van der Waals surface area contributed by atoms with Crippen LogP contribution in [0.15, 0.2) is 158 Å². The molecule has 0 radical (unpaired) electrons. The van der Waals surface area contributed by atoms with Crippen molar-refractivity contribution in [2.75, 3.05) is 14.7 Å². The number of nitrogens with zero attached hydrogens (tertiary/aromatic N) is 3. The van der Waals surface area contributed by atoms with E-state index in [1.165, 1.54) is 157 Å². The molecule has 5 heteroatoms. The second kappa shape index (κ2) is 17.5.